The summed E-state index contributed by atoms with van der Waals surface area (Å²) in [6.45, 7) is 2.68. The maximum absolute atomic E-state index is 13.2. The molecule has 1 aliphatic heterocycles. The summed E-state index contributed by atoms with van der Waals surface area (Å²) in [5, 5.41) is 7.47. The molecule has 0 saturated carbocycles. The Labute approximate surface area is 175 Å². The number of carbonyl (C=O) groups is 1. The van der Waals surface area contributed by atoms with Gasteiger partial charge in [-0.2, -0.15) is 5.10 Å². The summed E-state index contributed by atoms with van der Waals surface area (Å²) in [5.74, 6) is 2.11. The zero-order valence-corrected chi connectivity index (χ0v) is 17.6. The Hall–Kier alpha value is -3.48. The van der Waals surface area contributed by atoms with Crippen molar-refractivity contribution in [3.8, 4) is 28.5 Å². The molecular formula is C23H25N3O4. The second-order valence-electron chi connectivity index (χ2n) is 7.10. The molecule has 1 aromatic heterocycles. The molecule has 1 amide bonds. The Morgan fingerprint density at radius 1 is 1.00 bits per heavy atom. The first kappa shape index (κ1) is 19.8. The number of fused-ring (bicyclic) bond motifs is 1. The number of methoxy groups -OCH3 is 3. The van der Waals surface area contributed by atoms with Crippen molar-refractivity contribution in [3.63, 3.8) is 0 Å². The van der Waals surface area contributed by atoms with Crippen LogP contribution in [0.3, 0.4) is 0 Å². The highest BCUT2D eigenvalue weighted by Crippen LogP contribution is 2.46. The molecule has 4 rings (SSSR count). The number of nitrogens with zero attached hydrogens (tertiary/aromatic N) is 2. The quantitative estimate of drug-likeness (QED) is 0.639. The largest absolute Gasteiger partial charge is 0.497 e. The molecule has 30 heavy (non-hydrogen) atoms. The third kappa shape index (κ3) is 3.16. The number of aromatic nitrogens is 2. The predicted molar refractivity (Wildman–Crippen MR) is 113 cm³/mol. The number of carbonyl (C=O) groups excluding carboxylic acids is 1. The predicted octanol–water partition coefficient (Wildman–Crippen LogP) is 4.06. The molecular weight excluding hydrogens is 382 g/mol. The van der Waals surface area contributed by atoms with E-state index in [-0.39, 0.29) is 11.9 Å². The van der Waals surface area contributed by atoms with Crippen molar-refractivity contribution in [1.82, 2.24) is 15.1 Å². The smallest absolute Gasteiger partial charge is 0.273 e. The maximum Gasteiger partial charge on any atom is 0.273 e. The molecule has 0 bridgehead atoms. The van der Waals surface area contributed by atoms with Gasteiger partial charge in [-0.15, -0.1) is 0 Å². The number of benzene rings is 2. The van der Waals surface area contributed by atoms with E-state index in [0.29, 0.717) is 23.7 Å². The maximum atomic E-state index is 13.2. The number of nitrogens with one attached hydrogen (secondary N) is 1. The molecule has 0 spiro atoms. The van der Waals surface area contributed by atoms with Crippen LogP contribution in [0.2, 0.25) is 0 Å². The first-order valence-electron chi connectivity index (χ1n) is 9.88. The molecule has 1 N–H and O–H groups in total. The van der Waals surface area contributed by atoms with Gasteiger partial charge in [-0.3, -0.25) is 9.89 Å². The van der Waals surface area contributed by atoms with E-state index in [2.05, 4.69) is 17.1 Å². The standard InChI is InChI=1S/C23H25N3O4/c1-5-12-26-22(17-13-16(29-3)10-11-18(17)30-4)19-20(24-25-21(19)23(26)27)14-6-8-15(28-2)9-7-14/h6-11,13,22H,5,12H2,1-4H3,(H,24,25). The van der Waals surface area contributed by atoms with Crippen molar-refractivity contribution in [3.05, 3.63) is 59.3 Å². The van der Waals surface area contributed by atoms with Crippen LogP contribution in [-0.4, -0.2) is 48.9 Å². The Balaban J connectivity index is 1.91. The van der Waals surface area contributed by atoms with Gasteiger partial charge in [-0.05, 0) is 48.9 Å². The van der Waals surface area contributed by atoms with Crippen LogP contribution >= 0.6 is 0 Å². The number of rotatable bonds is 7. The van der Waals surface area contributed by atoms with Crippen LogP contribution in [0, 0.1) is 0 Å². The average molecular weight is 407 g/mol. The van der Waals surface area contributed by atoms with Crippen LogP contribution in [-0.2, 0) is 0 Å². The minimum atomic E-state index is -0.326. The highest BCUT2D eigenvalue weighted by molar-refractivity contribution is 6.00. The van der Waals surface area contributed by atoms with E-state index < -0.39 is 0 Å². The first-order chi connectivity index (χ1) is 14.6. The molecule has 0 aliphatic carbocycles. The minimum absolute atomic E-state index is 0.0611. The van der Waals surface area contributed by atoms with Gasteiger partial charge in [0.25, 0.3) is 5.91 Å². The first-order valence-corrected chi connectivity index (χ1v) is 9.88. The van der Waals surface area contributed by atoms with Gasteiger partial charge in [0.1, 0.15) is 22.9 Å². The number of hydrogen-bond donors (Lipinski definition) is 1. The number of amides is 1. The molecule has 1 atom stereocenters. The van der Waals surface area contributed by atoms with Gasteiger partial charge in [-0.1, -0.05) is 6.92 Å². The fourth-order valence-corrected chi connectivity index (χ4v) is 4.01. The van der Waals surface area contributed by atoms with E-state index in [9.17, 15) is 4.79 Å². The van der Waals surface area contributed by atoms with Gasteiger partial charge in [0, 0.05) is 23.2 Å². The lowest BCUT2D eigenvalue weighted by molar-refractivity contribution is 0.0742. The van der Waals surface area contributed by atoms with Crippen molar-refractivity contribution in [1.29, 1.82) is 0 Å². The van der Waals surface area contributed by atoms with Gasteiger partial charge in [0.05, 0.1) is 33.1 Å². The van der Waals surface area contributed by atoms with Crippen molar-refractivity contribution >= 4 is 5.91 Å². The second kappa shape index (κ2) is 8.10. The molecule has 3 aromatic rings. The van der Waals surface area contributed by atoms with E-state index in [4.69, 9.17) is 14.2 Å². The molecule has 1 unspecified atom stereocenters. The summed E-state index contributed by atoms with van der Waals surface area (Å²) in [6.07, 6.45) is 0.837. The number of H-pyrrole nitrogens is 1. The van der Waals surface area contributed by atoms with E-state index in [1.54, 1.807) is 21.3 Å². The van der Waals surface area contributed by atoms with Gasteiger partial charge in [0.15, 0.2) is 0 Å². The van der Waals surface area contributed by atoms with Crippen LogP contribution in [0.15, 0.2) is 42.5 Å². The zero-order valence-electron chi connectivity index (χ0n) is 17.6. The molecule has 1 aliphatic rings. The van der Waals surface area contributed by atoms with Crippen molar-refractivity contribution in [2.45, 2.75) is 19.4 Å². The number of ether oxygens (including phenoxy) is 3. The summed E-state index contributed by atoms with van der Waals surface area (Å²) in [7, 11) is 4.89. The molecule has 2 aromatic carbocycles. The average Bonchev–Trinajstić information content (AvgIpc) is 3.33. The lowest BCUT2D eigenvalue weighted by Gasteiger charge is -2.27. The fraction of sp³-hybridized carbons (Fsp3) is 0.304. The molecule has 0 saturated heterocycles. The van der Waals surface area contributed by atoms with E-state index in [1.807, 2.05) is 47.4 Å². The molecule has 0 fully saturated rings. The molecule has 0 radical (unpaired) electrons. The molecule has 2 heterocycles. The SMILES string of the molecule is CCCN1C(=O)c2[nH]nc(-c3ccc(OC)cc3)c2C1c1cc(OC)ccc1OC. The summed E-state index contributed by atoms with van der Waals surface area (Å²) in [5.41, 5.74) is 3.89. The van der Waals surface area contributed by atoms with Crippen LogP contribution in [0.25, 0.3) is 11.3 Å². The van der Waals surface area contributed by atoms with Crippen LogP contribution in [0.5, 0.6) is 17.2 Å². The van der Waals surface area contributed by atoms with Crippen LogP contribution < -0.4 is 14.2 Å². The van der Waals surface area contributed by atoms with E-state index in [1.165, 1.54) is 0 Å². The monoisotopic (exact) mass is 407 g/mol. The highest BCUT2D eigenvalue weighted by Gasteiger charge is 2.43. The zero-order chi connectivity index (χ0) is 21.3. The lowest BCUT2D eigenvalue weighted by Crippen LogP contribution is -2.30. The summed E-state index contributed by atoms with van der Waals surface area (Å²) in [4.78, 5) is 15.1. The van der Waals surface area contributed by atoms with Crippen molar-refractivity contribution in [2.75, 3.05) is 27.9 Å². The normalized spacial score (nSPS) is 15.3. The van der Waals surface area contributed by atoms with Gasteiger partial charge < -0.3 is 19.1 Å². The number of hydrogen-bond acceptors (Lipinski definition) is 5. The third-order valence-electron chi connectivity index (χ3n) is 5.42. The van der Waals surface area contributed by atoms with Gasteiger partial charge >= 0.3 is 0 Å². The third-order valence-corrected chi connectivity index (χ3v) is 5.42. The fourth-order valence-electron chi connectivity index (χ4n) is 4.01. The Morgan fingerprint density at radius 2 is 1.70 bits per heavy atom. The van der Waals surface area contributed by atoms with Gasteiger partial charge in [0.2, 0.25) is 0 Å². The lowest BCUT2D eigenvalue weighted by atomic mass is 9.95. The van der Waals surface area contributed by atoms with Gasteiger partial charge in [-0.25, -0.2) is 0 Å². The Kier molecular flexibility index (Phi) is 5.35. The molecule has 7 nitrogen and oxygen atoms in total. The van der Waals surface area contributed by atoms with E-state index in [0.717, 1.165) is 34.6 Å². The summed E-state index contributed by atoms with van der Waals surface area (Å²) < 4.78 is 16.4. The topological polar surface area (TPSA) is 76.7 Å². The van der Waals surface area contributed by atoms with Crippen molar-refractivity contribution < 1.29 is 19.0 Å². The summed E-state index contributed by atoms with van der Waals surface area (Å²) >= 11 is 0. The van der Waals surface area contributed by atoms with Crippen LogP contribution in [0.1, 0.15) is 41.0 Å². The minimum Gasteiger partial charge on any atom is -0.497 e. The Bertz CT molecular complexity index is 1060. The molecule has 7 heteroatoms. The molecule has 156 valence electrons. The van der Waals surface area contributed by atoms with E-state index >= 15 is 0 Å². The summed E-state index contributed by atoms with van der Waals surface area (Å²) in [6, 6.07) is 13.0. The second-order valence-corrected chi connectivity index (χ2v) is 7.10. The Morgan fingerprint density at radius 3 is 2.33 bits per heavy atom. The van der Waals surface area contributed by atoms with Crippen LogP contribution in [0.4, 0.5) is 0 Å². The number of aromatic amines is 1. The van der Waals surface area contributed by atoms with Crippen molar-refractivity contribution in [2.24, 2.45) is 0 Å². The highest BCUT2D eigenvalue weighted by atomic mass is 16.5.